The number of allylic oxidation sites excluding steroid dienone is 9. The molecule has 0 spiro atoms. The fourth-order valence-electron chi connectivity index (χ4n) is 3.27. The van der Waals surface area contributed by atoms with Gasteiger partial charge in [-0.2, -0.15) is 0 Å². The molecule has 0 aromatic carbocycles. The lowest BCUT2D eigenvalue weighted by atomic mass is 9.75. The van der Waals surface area contributed by atoms with E-state index in [0.29, 0.717) is 16.7 Å². The zero-order valence-corrected chi connectivity index (χ0v) is 19.2. The van der Waals surface area contributed by atoms with Crippen molar-refractivity contribution in [1.82, 2.24) is 5.32 Å². The molecule has 5 nitrogen and oxygen atoms in total. The van der Waals surface area contributed by atoms with Crippen LogP contribution in [-0.2, 0) is 14.3 Å². The van der Waals surface area contributed by atoms with E-state index in [9.17, 15) is 9.59 Å². The third kappa shape index (κ3) is 5.85. The van der Waals surface area contributed by atoms with Crippen molar-refractivity contribution < 1.29 is 19.1 Å². The third-order valence-corrected chi connectivity index (χ3v) is 4.63. The first-order valence-corrected chi connectivity index (χ1v) is 9.98. The third-order valence-electron chi connectivity index (χ3n) is 4.63. The minimum absolute atomic E-state index is 0.0835. The topological polar surface area (TPSA) is 64.6 Å². The Morgan fingerprint density at radius 1 is 1.03 bits per heavy atom. The second-order valence-electron chi connectivity index (χ2n) is 7.01. The SMILES string of the molecule is C=C/C=C1/C(=O)NC(/C(C=C)=C/C=C(C)C)(C(/C=C\C(=C)OC(=O)OC)=C/C)/C1=C/C=C. The van der Waals surface area contributed by atoms with Gasteiger partial charge in [-0.1, -0.05) is 80.5 Å². The molecule has 1 amide bonds. The molecule has 1 saturated heterocycles. The Bertz CT molecular complexity index is 995. The average Bonchev–Trinajstić information content (AvgIpc) is 3.01. The Balaban J connectivity index is 3.84. The van der Waals surface area contributed by atoms with Crippen LogP contribution in [0.2, 0.25) is 0 Å². The molecule has 5 heteroatoms. The minimum atomic E-state index is -1.06. The van der Waals surface area contributed by atoms with Gasteiger partial charge in [-0.25, -0.2) is 4.79 Å². The van der Waals surface area contributed by atoms with E-state index in [4.69, 9.17) is 4.74 Å². The van der Waals surface area contributed by atoms with Gasteiger partial charge in [-0.3, -0.25) is 4.79 Å². The number of methoxy groups -OCH3 is 1. The van der Waals surface area contributed by atoms with Crippen molar-refractivity contribution in [1.29, 1.82) is 0 Å². The molecule has 1 unspecified atom stereocenters. The normalized spacial score (nSPS) is 21.3. The van der Waals surface area contributed by atoms with Gasteiger partial charge in [-0.05, 0) is 49.6 Å². The quantitative estimate of drug-likeness (QED) is 0.211. The maximum absolute atomic E-state index is 13.0. The molecule has 1 heterocycles. The summed E-state index contributed by atoms with van der Waals surface area (Å²) in [6.45, 7) is 21.1. The Hall–Kier alpha value is -3.86. The largest absolute Gasteiger partial charge is 0.513 e. The predicted octanol–water partition coefficient (Wildman–Crippen LogP) is 5.96. The van der Waals surface area contributed by atoms with E-state index < -0.39 is 11.7 Å². The van der Waals surface area contributed by atoms with Crippen LogP contribution in [0.4, 0.5) is 4.79 Å². The summed E-state index contributed by atoms with van der Waals surface area (Å²) in [5.41, 5.74) is 2.60. The van der Waals surface area contributed by atoms with Gasteiger partial charge in [0.25, 0.3) is 5.91 Å². The van der Waals surface area contributed by atoms with Gasteiger partial charge in [-0.15, -0.1) is 0 Å². The Morgan fingerprint density at radius 3 is 2.19 bits per heavy atom. The summed E-state index contributed by atoms with van der Waals surface area (Å²) in [6, 6.07) is 0. The number of hydrogen-bond donors (Lipinski definition) is 1. The Morgan fingerprint density at radius 2 is 1.69 bits per heavy atom. The highest BCUT2D eigenvalue weighted by molar-refractivity contribution is 6.06. The van der Waals surface area contributed by atoms with Gasteiger partial charge in [0.05, 0.1) is 7.11 Å². The van der Waals surface area contributed by atoms with Crippen LogP contribution in [0.15, 0.2) is 121 Å². The lowest BCUT2D eigenvalue weighted by Crippen LogP contribution is -2.45. The number of rotatable bonds is 9. The first kappa shape index (κ1) is 26.2. The maximum Gasteiger partial charge on any atom is 0.513 e. The Labute approximate surface area is 190 Å². The molecule has 0 saturated carbocycles. The smallest absolute Gasteiger partial charge is 0.437 e. The van der Waals surface area contributed by atoms with Gasteiger partial charge in [0, 0.05) is 5.57 Å². The zero-order chi connectivity index (χ0) is 24.3. The fraction of sp³-hybridized carbons (Fsp3) is 0.185. The van der Waals surface area contributed by atoms with Crippen LogP contribution in [0.25, 0.3) is 0 Å². The lowest BCUT2D eigenvalue weighted by Gasteiger charge is -2.34. The molecule has 0 radical (unpaired) electrons. The molecule has 1 rings (SSSR count). The number of nitrogens with one attached hydrogen (secondary N) is 1. The van der Waals surface area contributed by atoms with E-state index in [1.807, 2.05) is 39.0 Å². The summed E-state index contributed by atoms with van der Waals surface area (Å²) in [5.74, 6) is -0.180. The molecule has 168 valence electrons. The second-order valence-corrected chi connectivity index (χ2v) is 7.01. The second kappa shape index (κ2) is 12.1. The highest BCUT2D eigenvalue weighted by Crippen LogP contribution is 2.43. The molecule has 1 aliphatic heterocycles. The molecule has 0 aliphatic carbocycles. The van der Waals surface area contributed by atoms with Gasteiger partial charge < -0.3 is 14.8 Å². The summed E-state index contributed by atoms with van der Waals surface area (Å²) < 4.78 is 9.45. The molecule has 1 fully saturated rings. The van der Waals surface area contributed by atoms with Gasteiger partial charge >= 0.3 is 6.16 Å². The van der Waals surface area contributed by atoms with Crippen molar-refractivity contribution in [2.75, 3.05) is 7.11 Å². The van der Waals surface area contributed by atoms with E-state index >= 15 is 0 Å². The number of ether oxygens (including phenoxy) is 2. The maximum atomic E-state index is 13.0. The van der Waals surface area contributed by atoms with Crippen molar-refractivity contribution >= 4 is 12.1 Å². The molecule has 0 aromatic rings. The summed E-state index contributed by atoms with van der Waals surface area (Å²) in [5, 5.41) is 3.12. The molecule has 1 atom stereocenters. The van der Waals surface area contributed by atoms with Crippen LogP contribution < -0.4 is 5.32 Å². The minimum Gasteiger partial charge on any atom is -0.437 e. The van der Waals surface area contributed by atoms with Crippen LogP contribution in [0, 0.1) is 0 Å². The van der Waals surface area contributed by atoms with Crippen molar-refractivity contribution in [3.63, 3.8) is 0 Å². The van der Waals surface area contributed by atoms with Crippen LogP contribution in [0.5, 0.6) is 0 Å². The monoisotopic (exact) mass is 433 g/mol. The number of carbonyl (C=O) groups is 2. The number of carbonyl (C=O) groups excluding carboxylic acids is 2. The van der Waals surface area contributed by atoms with Crippen molar-refractivity contribution in [2.45, 2.75) is 26.3 Å². The van der Waals surface area contributed by atoms with Crippen molar-refractivity contribution in [3.8, 4) is 0 Å². The molecule has 32 heavy (non-hydrogen) atoms. The summed E-state index contributed by atoms with van der Waals surface area (Å²) in [6.07, 6.45) is 16.4. The number of hydrogen-bond acceptors (Lipinski definition) is 4. The molecule has 0 bridgehead atoms. The standard InChI is InChI=1S/C27H31NO4/c1-9-13-23-24(14-10-2)27(28-25(23)29,21(11-3)17-15-19(5)6)22(12-4)18-16-20(7)32-26(30)31-8/h9-18H,1-3,7H2,4-6,8H3,(H,28,29)/b18-16-,21-17+,22-12+,23-13+,24-14+. The van der Waals surface area contributed by atoms with E-state index in [1.54, 1.807) is 36.5 Å². The molecule has 0 aromatic heterocycles. The Kier molecular flexibility index (Phi) is 9.90. The first-order valence-electron chi connectivity index (χ1n) is 9.98. The summed E-state index contributed by atoms with van der Waals surface area (Å²) in [4.78, 5) is 24.4. The van der Waals surface area contributed by atoms with E-state index in [-0.39, 0.29) is 11.7 Å². The highest BCUT2D eigenvalue weighted by Gasteiger charge is 2.48. The van der Waals surface area contributed by atoms with Crippen LogP contribution in [0.1, 0.15) is 20.8 Å². The summed E-state index contributed by atoms with van der Waals surface area (Å²) >= 11 is 0. The highest BCUT2D eigenvalue weighted by atomic mass is 16.7. The lowest BCUT2D eigenvalue weighted by molar-refractivity contribution is -0.116. The van der Waals surface area contributed by atoms with Crippen LogP contribution in [0.3, 0.4) is 0 Å². The van der Waals surface area contributed by atoms with Crippen LogP contribution >= 0.6 is 0 Å². The van der Waals surface area contributed by atoms with E-state index in [1.165, 1.54) is 13.2 Å². The summed E-state index contributed by atoms with van der Waals surface area (Å²) in [7, 11) is 1.21. The predicted molar refractivity (Wildman–Crippen MR) is 131 cm³/mol. The molecular weight excluding hydrogens is 402 g/mol. The molecular formula is C27H31NO4. The van der Waals surface area contributed by atoms with Gasteiger partial charge in [0.2, 0.25) is 0 Å². The van der Waals surface area contributed by atoms with Crippen LogP contribution in [-0.4, -0.2) is 24.7 Å². The van der Waals surface area contributed by atoms with Gasteiger partial charge in [0.15, 0.2) is 0 Å². The fourth-order valence-corrected chi connectivity index (χ4v) is 3.27. The van der Waals surface area contributed by atoms with Crippen molar-refractivity contribution in [3.05, 3.63) is 121 Å². The first-order chi connectivity index (χ1) is 15.2. The van der Waals surface area contributed by atoms with E-state index in [0.717, 1.165) is 11.1 Å². The molecule has 1 N–H and O–H groups in total. The van der Waals surface area contributed by atoms with Crippen molar-refractivity contribution in [2.24, 2.45) is 0 Å². The molecule has 1 aliphatic rings. The van der Waals surface area contributed by atoms with E-state index in [2.05, 4.69) is 36.4 Å². The zero-order valence-electron chi connectivity index (χ0n) is 19.2. The average molecular weight is 434 g/mol. The van der Waals surface area contributed by atoms with Gasteiger partial charge in [0.1, 0.15) is 11.3 Å². The number of amides is 1.